The van der Waals surface area contributed by atoms with Crippen molar-refractivity contribution in [2.45, 2.75) is 0 Å². The molecule has 1 heterocycles. The van der Waals surface area contributed by atoms with Crippen LogP contribution in [0.15, 0.2) is 24.4 Å². The summed E-state index contributed by atoms with van der Waals surface area (Å²) in [5.41, 5.74) is -1.35. The van der Waals surface area contributed by atoms with Crippen molar-refractivity contribution in [1.29, 1.82) is 0 Å². The third-order valence-electron chi connectivity index (χ3n) is 2.13. The molecule has 99 valence electrons. The topological polar surface area (TPSA) is 12.9 Å². The Balaban J connectivity index is 0.00000162. The first-order valence-electron chi connectivity index (χ1n) is 4.47. The first-order valence-corrected chi connectivity index (χ1v) is 4.47. The van der Waals surface area contributed by atoms with Crippen molar-refractivity contribution in [3.63, 3.8) is 0 Å². The second-order valence-electron chi connectivity index (χ2n) is 3.16. The molecule has 1 nitrogen and oxygen atoms in total. The van der Waals surface area contributed by atoms with Crippen LogP contribution in [0.3, 0.4) is 0 Å². The van der Waals surface area contributed by atoms with Gasteiger partial charge < -0.3 is 0 Å². The number of nitrogens with zero attached hydrogens (tertiary/aromatic N) is 1. The average molecular weight is 442 g/mol. The predicted octanol–water partition coefficient (Wildman–Crippen LogP) is 3.44. The molecule has 0 aliphatic carbocycles. The number of benzene rings is 1. The van der Waals surface area contributed by atoms with E-state index in [1.807, 2.05) is 0 Å². The van der Waals surface area contributed by atoms with E-state index in [1.165, 1.54) is 18.3 Å². The van der Waals surface area contributed by atoms with Crippen LogP contribution in [0.1, 0.15) is 0 Å². The second kappa shape index (κ2) is 5.60. The van der Waals surface area contributed by atoms with E-state index in [0.29, 0.717) is 0 Å². The molecule has 7 heteroatoms. The van der Waals surface area contributed by atoms with Gasteiger partial charge in [-0.15, -0.1) is 0 Å². The van der Waals surface area contributed by atoms with Crippen LogP contribution in [0, 0.1) is 29.1 Å². The molecule has 1 radical (unpaired) electrons. The van der Waals surface area contributed by atoms with Crippen molar-refractivity contribution in [3.8, 4) is 11.3 Å². The van der Waals surface area contributed by atoms with Gasteiger partial charge in [-0.3, -0.25) is 4.98 Å². The molecule has 0 unspecified atom stereocenters. The SMILES string of the molecule is Fc1c(F)c(F)c(-c2ccccn2)c(F)c1F.[Au]. The molecule has 1 aromatic carbocycles. The molecule has 2 rings (SSSR count). The van der Waals surface area contributed by atoms with Gasteiger partial charge in [-0.25, -0.2) is 22.0 Å². The summed E-state index contributed by atoms with van der Waals surface area (Å²) in [5, 5.41) is 0. The summed E-state index contributed by atoms with van der Waals surface area (Å²) in [6, 6.07) is 3.98. The van der Waals surface area contributed by atoms with Crippen molar-refractivity contribution in [2.75, 3.05) is 0 Å². The monoisotopic (exact) mass is 442 g/mol. The van der Waals surface area contributed by atoms with E-state index in [4.69, 9.17) is 0 Å². The Morgan fingerprint density at radius 1 is 0.722 bits per heavy atom. The van der Waals surface area contributed by atoms with Gasteiger partial charge in [0.05, 0.1) is 11.3 Å². The van der Waals surface area contributed by atoms with Crippen LogP contribution < -0.4 is 0 Å². The fourth-order valence-electron chi connectivity index (χ4n) is 1.34. The molecule has 0 N–H and O–H groups in total. The number of hydrogen-bond donors (Lipinski definition) is 0. The maximum atomic E-state index is 13.3. The van der Waals surface area contributed by atoms with E-state index in [2.05, 4.69) is 4.98 Å². The van der Waals surface area contributed by atoms with Gasteiger partial charge in [0.15, 0.2) is 23.3 Å². The van der Waals surface area contributed by atoms with Gasteiger partial charge in [0.2, 0.25) is 5.82 Å². The molecule has 0 aliphatic heterocycles. The molecule has 0 bridgehead atoms. The number of halogens is 5. The van der Waals surface area contributed by atoms with Crippen molar-refractivity contribution in [3.05, 3.63) is 53.5 Å². The molecular weight excluding hydrogens is 438 g/mol. The zero-order valence-corrected chi connectivity index (χ0v) is 10.6. The Bertz CT molecular complexity index is 544. The smallest absolute Gasteiger partial charge is 0.200 e. The fraction of sp³-hybridized carbons (Fsp3) is 0. The minimum Gasteiger partial charge on any atom is -0.256 e. The molecule has 0 spiro atoms. The van der Waals surface area contributed by atoms with Crippen LogP contribution in [-0.4, -0.2) is 4.98 Å². The first-order chi connectivity index (χ1) is 8.04. The third kappa shape index (κ3) is 2.31. The van der Waals surface area contributed by atoms with Gasteiger partial charge in [-0.05, 0) is 12.1 Å². The molecule has 1 aromatic heterocycles. The van der Waals surface area contributed by atoms with Gasteiger partial charge >= 0.3 is 0 Å². The zero-order valence-electron chi connectivity index (χ0n) is 8.45. The van der Waals surface area contributed by atoms with E-state index >= 15 is 0 Å². The Labute approximate surface area is 114 Å². The maximum absolute atomic E-state index is 13.3. The fourth-order valence-corrected chi connectivity index (χ4v) is 1.34. The summed E-state index contributed by atoms with van der Waals surface area (Å²) in [5.74, 6) is -9.92. The van der Waals surface area contributed by atoms with Crippen LogP contribution >= 0.6 is 0 Å². The molecule has 0 saturated heterocycles. The van der Waals surface area contributed by atoms with Gasteiger partial charge in [-0.1, -0.05) is 6.07 Å². The minimum absolute atomic E-state index is 0. The summed E-state index contributed by atoms with van der Waals surface area (Å²) in [4.78, 5) is 3.55. The van der Waals surface area contributed by atoms with Crippen LogP contribution in [0.25, 0.3) is 11.3 Å². The van der Waals surface area contributed by atoms with Crippen LogP contribution in [0.4, 0.5) is 22.0 Å². The zero-order chi connectivity index (χ0) is 12.6. The van der Waals surface area contributed by atoms with Crippen molar-refractivity contribution in [1.82, 2.24) is 4.98 Å². The summed E-state index contributed by atoms with van der Waals surface area (Å²) < 4.78 is 65.2. The van der Waals surface area contributed by atoms with Gasteiger partial charge in [0, 0.05) is 28.6 Å². The van der Waals surface area contributed by atoms with E-state index in [0.717, 1.165) is 6.07 Å². The van der Waals surface area contributed by atoms with Crippen molar-refractivity contribution in [2.24, 2.45) is 0 Å². The van der Waals surface area contributed by atoms with E-state index in [9.17, 15) is 22.0 Å². The molecular formula is C11H4AuF5N. The number of pyridine rings is 1. The molecule has 0 saturated carbocycles. The van der Waals surface area contributed by atoms with Gasteiger partial charge in [-0.2, -0.15) is 0 Å². The Hall–Kier alpha value is -1.24. The number of hydrogen-bond acceptors (Lipinski definition) is 1. The Morgan fingerprint density at radius 3 is 1.67 bits per heavy atom. The molecule has 0 fully saturated rings. The van der Waals surface area contributed by atoms with E-state index < -0.39 is 34.6 Å². The van der Waals surface area contributed by atoms with Crippen LogP contribution in [0.5, 0.6) is 0 Å². The Kier molecular flexibility index (Phi) is 4.61. The molecule has 0 aliphatic rings. The van der Waals surface area contributed by atoms with Gasteiger partial charge in [0.1, 0.15) is 0 Å². The van der Waals surface area contributed by atoms with Crippen LogP contribution in [0.2, 0.25) is 0 Å². The summed E-state index contributed by atoms with van der Waals surface area (Å²) in [6.07, 6.45) is 1.19. The van der Waals surface area contributed by atoms with Gasteiger partial charge in [0.25, 0.3) is 0 Å². The Morgan fingerprint density at radius 2 is 1.22 bits per heavy atom. The third-order valence-corrected chi connectivity index (χ3v) is 2.13. The average Bonchev–Trinajstić information content (AvgIpc) is 2.36. The predicted molar refractivity (Wildman–Crippen MR) is 49.5 cm³/mol. The molecule has 18 heavy (non-hydrogen) atoms. The first kappa shape index (κ1) is 14.8. The molecule has 0 amide bonds. The molecule has 2 aromatic rings. The number of aromatic nitrogens is 1. The quantitative estimate of drug-likeness (QED) is 0.286. The standard InChI is InChI=1S/C11H4F5N.Au/c12-7-6(5-3-1-2-4-17-5)8(13)10(15)11(16)9(7)14;/h1-4H;. The largest absolute Gasteiger partial charge is 0.256 e. The van der Waals surface area contributed by atoms with E-state index in [1.54, 1.807) is 0 Å². The summed E-state index contributed by atoms with van der Waals surface area (Å²) >= 11 is 0. The summed E-state index contributed by atoms with van der Waals surface area (Å²) in [6.45, 7) is 0. The second-order valence-corrected chi connectivity index (χ2v) is 3.16. The number of rotatable bonds is 1. The summed E-state index contributed by atoms with van der Waals surface area (Å²) in [7, 11) is 0. The van der Waals surface area contributed by atoms with Crippen LogP contribution in [-0.2, 0) is 22.4 Å². The van der Waals surface area contributed by atoms with Crippen molar-refractivity contribution < 1.29 is 44.3 Å². The maximum Gasteiger partial charge on any atom is 0.200 e. The van der Waals surface area contributed by atoms with Crippen molar-refractivity contribution >= 4 is 0 Å². The normalized spacial score (nSPS) is 10.1. The molecule has 0 atom stereocenters. The minimum atomic E-state index is -2.18. The van der Waals surface area contributed by atoms with E-state index in [-0.39, 0.29) is 28.1 Å².